The van der Waals surface area contributed by atoms with Crippen LogP contribution in [0.1, 0.15) is 30.7 Å². The van der Waals surface area contributed by atoms with E-state index in [1.54, 1.807) is 18.5 Å². The van der Waals surface area contributed by atoms with Crippen LogP contribution in [-0.4, -0.2) is 27.4 Å². The summed E-state index contributed by atoms with van der Waals surface area (Å²) in [6, 6.07) is 7.60. The number of rotatable bonds is 4. The number of benzene rings is 1. The molecule has 0 amide bonds. The molecule has 1 N–H and O–H groups in total. The van der Waals surface area contributed by atoms with E-state index in [1.165, 1.54) is 0 Å². The van der Waals surface area contributed by atoms with Gasteiger partial charge in [-0.15, -0.1) is 0 Å². The fourth-order valence-corrected chi connectivity index (χ4v) is 3.33. The number of nitrogens with one attached hydrogen (secondary N) is 1. The van der Waals surface area contributed by atoms with Crippen LogP contribution in [-0.2, 0) is 18.4 Å². The lowest BCUT2D eigenvalue weighted by Crippen LogP contribution is -2.41. The van der Waals surface area contributed by atoms with Gasteiger partial charge in [-0.2, -0.15) is 5.10 Å². The fourth-order valence-electron chi connectivity index (χ4n) is 3.33. The Morgan fingerprint density at radius 3 is 3.00 bits per heavy atom. The summed E-state index contributed by atoms with van der Waals surface area (Å²) in [6.07, 6.45) is 5.81. The van der Waals surface area contributed by atoms with Gasteiger partial charge in [-0.05, 0) is 30.9 Å². The Balaban J connectivity index is 1.43. The fraction of sp³-hybridized carbons (Fsp3) is 0.500. The van der Waals surface area contributed by atoms with Crippen LogP contribution in [0.3, 0.4) is 0 Å². The highest BCUT2D eigenvalue weighted by Crippen LogP contribution is 2.48. The van der Waals surface area contributed by atoms with Crippen molar-refractivity contribution < 1.29 is 4.39 Å². The Hall–Kier alpha value is -1.75. The van der Waals surface area contributed by atoms with Crippen LogP contribution < -0.4 is 5.32 Å². The smallest absolute Gasteiger partial charge is 0.138 e. The van der Waals surface area contributed by atoms with E-state index < -0.39 is 0 Å². The van der Waals surface area contributed by atoms with E-state index in [0.29, 0.717) is 6.04 Å². The van der Waals surface area contributed by atoms with E-state index in [4.69, 9.17) is 0 Å². The van der Waals surface area contributed by atoms with Crippen LogP contribution in [0.4, 0.5) is 4.39 Å². The Bertz CT molecular complexity index is 647. The molecule has 5 heteroatoms. The van der Waals surface area contributed by atoms with E-state index in [1.807, 2.05) is 16.8 Å². The lowest BCUT2D eigenvalue weighted by Gasteiger charge is -2.26. The van der Waals surface area contributed by atoms with Crippen LogP contribution in [0.2, 0.25) is 0 Å². The molecule has 4 nitrogen and oxygen atoms in total. The second-order valence-corrected chi connectivity index (χ2v) is 6.24. The molecule has 1 unspecified atom stereocenters. The summed E-state index contributed by atoms with van der Waals surface area (Å²) in [7, 11) is 0. The third kappa shape index (κ3) is 2.35. The molecule has 0 radical (unpaired) electrons. The van der Waals surface area contributed by atoms with Gasteiger partial charge in [0.15, 0.2) is 0 Å². The van der Waals surface area contributed by atoms with Gasteiger partial charge in [-0.3, -0.25) is 0 Å². The maximum atomic E-state index is 14.0. The molecule has 1 fully saturated rings. The molecule has 2 aromatic rings. The van der Waals surface area contributed by atoms with E-state index in [2.05, 4.69) is 15.4 Å². The third-order valence-corrected chi connectivity index (χ3v) is 4.83. The van der Waals surface area contributed by atoms with Crippen LogP contribution in [0.25, 0.3) is 0 Å². The number of hydrogen-bond acceptors (Lipinski definition) is 3. The SMILES string of the molecule is Fc1ccccc1C1(CNC2CCc3ncnn3C2)CC1. The molecule has 1 aromatic heterocycles. The Labute approximate surface area is 123 Å². The second-order valence-electron chi connectivity index (χ2n) is 6.24. The molecule has 1 aliphatic carbocycles. The highest BCUT2D eigenvalue weighted by molar-refractivity contribution is 5.33. The minimum Gasteiger partial charge on any atom is -0.311 e. The van der Waals surface area contributed by atoms with Crippen molar-refractivity contribution in [3.05, 3.63) is 47.8 Å². The first-order valence-electron chi connectivity index (χ1n) is 7.62. The van der Waals surface area contributed by atoms with Crippen LogP contribution >= 0.6 is 0 Å². The van der Waals surface area contributed by atoms with Crippen molar-refractivity contribution in [3.8, 4) is 0 Å². The maximum Gasteiger partial charge on any atom is 0.138 e. The zero-order valence-electron chi connectivity index (χ0n) is 11.9. The Morgan fingerprint density at radius 1 is 1.33 bits per heavy atom. The van der Waals surface area contributed by atoms with E-state index in [9.17, 15) is 4.39 Å². The van der Waals surface area contributed by atoms with Crippen molar-refractivity contribution in [2.75, 3.05) is 6.54 Å². The summed E-state index contributed by atoms with van der Waals surface area (Å²) >= 11 is 0. The van der Waals surface area contributed by atoms with Gasteiger partial charge in [0, 0.05) is 24.4 Å². The molecular formula is C16H19FN4. The van der Waals surface area contributed by atoms with Gasteiger partial charge >= 0.3 is 0 Å². The van der Waals surface area contributed by atoms with Crippen molar-refractivity contribution in [2.45, 2.75) is 43.7 Å². The van der Waals surface area contributed by atoms with Crippen molar-refractivity contribution in [1.82, 2.24) is 20.1 Å². The highest BCUT2D eigenvalue weighted by Gasteiger charge is 2.45. The summed E-state index contributed by atoms with van der Waals surface area (Å²) in [5, 5.41) is 7.87. The molecule has 1 atom stereocenters. The molecule has 0 saturated heterocycles. The lowest BCUT2D eigenvalue weighted by molar-refractivity contribution is 0.347. The minimum absolute atomic E-state index is 0.00792. The van der Waals surface area contributed by atoms with E-state index in [0.717, 1.165) is 50.2 Å². The molecule has 1 saturated carbocycles. The molecule has 21 heavy (non-hydrogen) atoms. The van der Waals surface area contributed by atoms with Gasteiger partial charge in [0.05, 0.1) is 6.54 Å². The van der Waals surface area contributed by atoms with Crippen LogP contribution in [0.5, 0.6) is 0 Å². The summed E-state index contributed by atoms with van der Waals surface area (Å²) in [4.78, 5) is 4.25. The molecule has 0 bridgehead atoms. The third-order valence-electron chi connectivity index (χ3n) is 4.83. The average Bonchev–Trinajstić information content (AvgIpc) is 3.14. The zero-order valence-corrected chi connectivity index (χ0v) is 11.9. The highest BCUT2D eigenvalue weighted by atomic mass is 19.1. The summed E-state index contributed by atoms with van der Waals surface area (Å²) in [6.45, 7) is 1.71. The molecule has 1 aliphatic heterocycles. The largest absolute Gasteiger partial charge is 0.311 e. The number of aromatic nitrogens is 3. The van der Waals surface area contributed by atoms with E-state index >= 15 is 0 Å². The molecule has 1 aromatic carbocycles. The predicted octanol–water partition coefficient (Wildman–Crippen LogP) is 2.05. The molecule has 0 spiro atoms. The van der Waals surface area contributed by atoms with Gasteiger partial charge in [-0.1, -0.05) is 18.2 Å². The van der Waals surface area contributed by atoms with Gasteiger partial charge in [0.1, 0.15) is 18.0 Å². The number of halogens is 1. The molecular weight excluding hydrogens is 267 g/mol. The Kier molecular flexibility index (Phi) is 3.03. The first-order valence-corrected chi connectivity index (χ1v) is 7.62. The topological polar surface area (TPSA) is 42.7 Å². The van der Waals surface area contributed by atoms with Crippen molar-refractivity contribution in [1.29, 1.82) is 0 Å². The van der Waals surface area contributed by atoms with Gasteiger partial charge in [-0.25, -0.2) is 14.1 Å². The monoisotopic (exact) mass is 286 g/mol. The van der Waals surface area contributed by atoms with Gasteiger partial charge in [0.25, 0.3) is 0 Å². The standard InChI is InChI=1S/C16H19FN4/c17-14-4-2-1-3-13(14)16(7-8-16)10-18-12-5-6-15-19-11-20-21(15)9-12/h1-4,11-12,18H,5-10H2. The second kappa shape index (κ2) is 4.91. The van der Waals surface area contributed by atoms with Crippen LogP contribution in [0, 0.1) is 5.82 Å². The zero-order chi connectivity index (χ0) is 14.3. The maximum absolute atomic E-state index is 14.0. The molecule has 2 heterocycles. The molecule has 4 rings (SSSR count). The normalized spacial score (nSPS) is 22.8. The number of aryl methyl sites for hydroxylation is 1. The summed E-state index contributed by atoms with van der Waals surface area (Å²) in [5.41, 5.74) is 0.878. The van der Waals surface area contributed by atoms with E-state index in [-0.39, 0.29) is 11.2 Å². The van der Waals surface area contributed by atoms with Gasteiger partial charge < -0.3 is 5.32 Å². The summed E-state index contributed by atoms with van der Waals surface area (Å²) in [5.74, 6) is 1.00. The van der Waals surface area contributed by atoms with Crippen LogP contribution in [0.15, 0.2) is 30.6 Å². The van der Waals surface area contributed by atoms with Crippen molar-refractivity contribution in [2.24, 2.45) is 0 Å². The van der Waals surface area contributed by atoms with Gasteiger partial charge in [0.2, 0.25) is 0 Å². The number of fused-ring (bicyclic) bond motifs is 1. The number of hydrogen-bond donors (Lipinski definition) is 1. The van der Waals surface area contributed by atoms with Crippen molar-refractivity contribution >= 4 is 0 Å². The Morgan fingerprint density at radius 2 is 2.19 bits per heavy atom. The predicted molar refractivity (Wildman–Crippen MR) is 77.4 cm³/mol. The summed E-state index contributed by atoms with van der Waals surface area (Å²) < 4.78 is 16.0. The first kappa shape index (κ1) is 13.0. The number of nitrogens with zero attached hydrogens (tertiary/aromatic N) is 3. The quantitative estimate of drug-likeness (QED) is 0.935. The molecule has 2 aliphatic rings. The minimum atomic E-state index is -0.0704. The van der Waals surface area contributed by atoms with Crippen molar-refractivity contribution in [3.63, 3.8) is 0 Å². The lowest BCUT2D eigenvalue weighted by atomic mass is 9.94. The molecule has 110 valence electrons. The average molecular weight is 286 g/mol. The first-order chi connectivity index (χ1) is 10.3.